The molecule has 21 heavy (non-hydrogen) atoms. The largest absolute Gasteiger partial charge is 0.302 e. The lowest BCUT2D eigenvalue weighted by Gasteiger charge is -2.15. The van der Waals surface area contributed by atoms with Gasteiger partial charge in [0.15, 0.2) is 0 Å². The van der Waals surface area contributed by atoms with Crippen molar-refractivity contribution in [3.63, 3.8) is 0 Å². The van der Waals surface area contributed by atoms with Crippen LogP contribution in [0.4, 0.5) is 0 Å². The van der Waals surface area contributed by atoms with Crippen LogP contribution in [0.25, 0.3) is 0 Å². The van der Waals surface area contributed by atoms with Gasteiger partial charge < -0.3 is 4.79 Å². The number of thiocarbonyl (C=S) groups is 1. The summed E-state index contributed by atoms with van der Waals surface area (Å²) in [4.78, 5) is 10.8. The number of hydrogen-bond acceptors (Lipinski definition) is 4. The van der Waals surface area contributed by atoms with Crippen LogP contribution in [0.5, 0.6) is 0 Å². The fraction of sp³-hybridized carbons (Fsp3) is 0.882. The van der Waals surface area contributed by atoms with Crippen molar-refractivity contribution in [2.75, 3.05) is 5.75 Å². The molecule has 1 nitrogen and oxygen atoms in total. The van der Waals surface area contributed by atoms with Crippen LogP contribution >= 0.6 is 35.7 Å². The van der Waals surface area contributed by atoms with Gasteiger partial charge in [-0.25, -0.2) is 0 Å². The minimum Gasteiger partial charge on any atom is -0.302 e. The predicted octanol–water partition coefficient (Wildman–Crippen LogP) is 6.64. The fourth-order valence-electron chi connectivity index (χ4n) is 2.01. The Kier molecular flexibility index (Phi) is 14.4. The van der Waals surface area contributed by atoms with E-state index in [4.69, 9.17) is 12.2 Å². The van der Waals surface area contributed by atoms with E-state index in [9.17, 15) is 4.79 Å². The Labute approximate surface area is 145 Å². The lowest BCUT2D eigenvalue weighted by atomic mass is 10.1. The van der Waals surface area contributed by atoms with Crippen molar-refractivity contribution in [3.8, 4) is 0 Å². The quantitative estimate of drug-likeness (QED) is 0.211. The summed E-state index contributed by atoms with van der Waals surface area (Å²) in [7, 11) is 0. The van der Waals surface area contributed by atoms with Gasteiger partial charge in [0.05, 0.1) is 4.75 Å². The van der Waals surface area contributed by atoms with Crippen LogP contribution < -0.4 is 0 Å². The third-order valence-electron chi connectivity index (χ3n) is 3.35. The molecular weight excluding hydrogens is 316 g/mol. The number of aldehydes is 1. The standard InChI is InChI=1S/C17H32OS3/c1-4-5-6-7-8-9-10-11-12-13-14-20-16(19)21-17(2,3)15-18/h15H,4-14H2,1-3H3. The second kappa shape index (κ2) is 14.1. The molecule has 0 saturated heterocycles. The molecule has 0 rings (SSSR count). The Hall–Kier alpha value is 0.460. The van der Waals surface area contributed by atoms with Gasteiger partial charge in [-0.1, -0.05) is 88.7 Å². The second-order valence-corrected chi connectivity index (χ2v) is 10.1. The highest BCUT2D eigenvalue weighted by Crippen LogP contribution is 2.29. The third kappa shape index (κ3) is 15.1. The van der Waals surface area contributed by atoms with Crippen molar-refractivity contribution < 1.29 is 4.79 Å². The molecule has 0 radical (unpaired) electrons. The van der Waals surface area contributed by atoms with Crippen LogP contribution in [0, 0.1) is 0 Å². The number of unbranched alkanes of at least 4 members (excludes halogenated alkanes) is 9. The molecule has 0 spiro atoms. The highest BCUT2D eigenvalue weighted by atomic mass is 32.2. The summed E-state index contributed by atoms with van der Waals surface area (Å²) >= 11 is 8.55. The fourth-order valence-corrected chi connectivity index (χ4v) is 5.03. The first kappa shape index (κ1) is 21.5. The molecule has 0 atom stereocenters. The van der Waals surface area contributed by atoms with Gasteiger partial charge in [-0.05, 0) is 26.0 Å². The van der Waals surface area contributed by atoms with Crippen LogP contribution in [-0.2, 0) is 4.79 Å². The number of carbonyl (C=O) groups excluding carboxylic acids is 1. The smallest absolute Gasteiger partial charge is 0.135 e. The molecule has 0 N–H and O–H groups in total. The highest BCUT2D eigenvalue weighted by Gasteiger charge is 2.19. The van der Waals surface area contributed by atoms with E-state index in [-0.39, 0.29) is 4.75 Å². The maximum absolute atomic E-state index is 10.8. The average Bonchev–Trinajstić information content (AvgIpc) is 2.44. The van der Waals surface area contributed by atoms with Gasteiger partial charge in [0.2, 0.25) is 0 Å². The van der Waals surface area contributed by atoms with Crippen LogP contribution in [0.15, 0.2) is 0 Å². The molecule has 0 bridgehead atoms. The van der Waals surface area contributed by atoms with E-state index < -0.39 is 0 Å². The summed E-state index contributed by atoms with van der Waals surface area (Å²) in [5.41, 5.74) is 0. The zero-order valence-corrected chi connectivity index (χ0v) is 16.4. The molecule has 0 aromatic heterocycles. The van der Waals surface area contributed by atoms with Gasteiger partial charge in [0.1, 0.15) is 9.81 Å². The number of thioether (sulfide) groups is 2. The lowest BCUT2D eigenvalue weighted by molar-refractivity contribution is -0.109. The Bertz CT molecular complexity index is 277. The van der Waals surface area contributed by atoms with Gasteiger partial charge in [-0.3, -0.25) is 0 Å². The van der Waals surface area contributed by atoms with Gasteiger partial charge >= 0.3 is 0 Å². The number of rotatable bonds is 13. The minimum absolute atomic E-state index is 0.373. The Balaban J connectivity index is 3.29. The first-order chi connectivity index (χ1) is 10.0. The van der Waals surface area contributed by atoms with E-state index in [1.165, 1.54) is 76.0 Å². The SMILES string of the molecule is CCCCCCCCCCCCSC(=S)SC(C)(C)C=O. The molecular formula is C17H32OS3. The molecule has 0 heterocycles. The van der Waals surface area contributed by atoms with Gasteiger partial charge in [-0.15, -0.1) is 11.8 Å². The average molecular weight is 349 g/mol. The maximum atomic E-state index is 10.8. The van der Waals surface area contributed by atoms with Crippen LogP contribution in [0.3, 0.4) is 0 Å². The topological polar surface area (TPSA) is 17.1 Å². The van der Waals surface area contributed by atoms with Crippen LogP contribution in [0.2, 0.25) is 0 Å². The van der Waals surface area contributed by atoms with Crippen molar-refractivity contribution in [1.29, 1.82) is 0 Å². The summed E-state index contributed by atoms with van der Waals surface area (Å²) in [6.45, 7) is 6.10. The van der Waals surface area contributed by atoms with Crippen molar-refractivity contribution in [2.24, 2.45) is 0 Å². The van der Waals surface area contributed by atoms with Gasteiger partial charge in [0, 0.05) is 0 Å². The normalized spacial score (nSPS) is 11.6. The van der Waals surface area contributed by atoms with Crippen LogP contribution in [-0.4, -0.2) is 20.3 Å². The minimum atomic E-state index is -0.373. The van der Waals surface area contributed by atoms with E-state index in [2.05, 4.69) is 6.92 Å². The summed E-state index contributed by atoms with van der Waals surface area (Å²) in [5, 5.41) is 0. The summed E-state index contributed by atoms with van der Waals surface area (Å²) < 4.78 is 0.532. The van der Waals surface area contributed by atoms with Crippen molar-refractivity contribution in [3.05, 3.63) is 0 Å². The monoisotopic (exact) mass is 348 g/mol. The van der Waals surface area contributed by atoms with Crippen molar-refractivity contribution >= 4 is 45.6 Å². The van der Waals surface area contributed by atoms with Crippen molar-refractivity contribution in [2.45, 2.75) is 89.7 Å². The molecule has 0 aliphatic heterocycles. The van der Waals surface area contributed by atoms with E-state index in [1.54, 1.807) is 11.8 Å². The van der Waals surface area contributed by atoms with E-state index in [0.717, 1.165) is 15.6 Å². The lowest BCUT2D eigenvalue weighted by Crippen LogP contribution is -2.17. The number of carbonyl (C=O) groups is 1. The first-order valence-electron chi connectivity index (χ1n) is 8.34. The zero-order valence-electron chi connectivity index (χ0n) is 14.0. The Morgan fingerprint density at radius 1 is 0.952 bits per heavy atom. The summed E-state index contributed by atoms with van der Waals surface area (Å²) in [6, 6.07) is 0. The Morgan fingerprint density at radius 2 is 1.43 bits per heavy atom. The maximum Gasteiger partial charge on any atom is 0.135 e. The Morgan fingerprint density at radius 3 is 1.90 bits per heavy atom. The molecule has 0 aliphatic carbocycles. The molecule has 0 aromatic rings. The molecule has 124 valence electrons. The highest BCUT2D eigenvalue weighted by molar-refractivity contribution is 8.47. The van der Waals surface area contributed by atoms with E-state index in [1.807, 2.05) is 13.8 Å². The molecule has 0 fully saturated rings. The molecule has 4 heteroatoms. The number of hydrogen-bond donors (Lipinski definition) is 0. The summed E-state index contributed by atoms with van der Waals surface area (Å²) in [6.07, 6.45) is 14.6. The zero-order chi connectivity index (χ0) is 16.0. The van der Waals surface area contributed by atoms with Gasteiger partial charge in [-0.2, -0.15) is 0 Å². The van der Waals surface area contributed by atoms with E-state index >= 15 is 0 Å². The van der Waals surface area contributed by atoms with Crippen molar-refractivity contribution in [1.82, 2.24) is 0 Å². The molecule has 0 saturated carbocycles. The predicted molar refractivity (Wildman–Crippen MR) is 105 cm³/mol. The van der Waals surface area contributed by atoms with E-state index in [0.29, 0.717) is 0 Å². The molecule has 0 amide bonds. The third-order valence-corrected chi connectivity index (χ3v) is 6.07. The second-order valence-electron chi connectivity index (χ2n) is 6.10. The molecule has 0 aliphatic rings. The first-order valence-corrected chi connectivity index (χ1v) is 10.5. The van der Waals surface area contributed by atoms with Gasteiger partial charge in [0.25, 0.3) is 0 Å². The van der Waals surface area contributed by atoms with Crippen LogP contribution in [0.1, 0.15) is 85.0 Å². The molecule has 0 aromatic carbocycles. The summed E-state index contributed by atoms with van der Waals surface area (Å²) in [5.74, 6) is 1.09. The molecule has 0 unspecified atom stereocenters.